The van der Waals surface area contributed by atoms with Gasteiger partial charge in [-0.05, 0) is 37.6 Å². The zero-order valence-electron chi connectivity index (χ0n) is 15.0. The molecule has 3 rings (SSSR count). The molecule has 7 heteroatoms. The number of amides is 1. The number of furan rings is 1. The second-order valence-electron chi connectivity index (χ2n) is 6.04. The Morgan fingerprint density at radius 2 is 2.30 bits per heavy atom. The van der Waals surface area contributed by atoms with Gasteiger partial charge in [-0.15, -0.1) is 0 Å². The topological polar surface area (TPSA) is 93.1 Å². The standard InChI is InChI=1S/C20H20N4O3/c1-15-12-22-14-24(15)8-3-7-23-20(25)19-17(6-9-26-19)13-27-18-5-2-4-16(10-18)11-21/h2,4-6,9-10,12,14H,3,7-8,13H2,1H3,(H,23,25). The maximum absolute atomic E-state index is 12.3. The van der Waals surface area contributed by atoms with Crippen LogP contribution in [0.4, 0.5) is 0 Å². The molecule has 2 heterocycles. The lowest BCUT2D eigenvalue weighted by molar-refractivity contribution is 0.0921. The van der Waals surface area contributed by atoms with E-state index in [0.717, 1.165) is 18.7 Å². The molecule has 0 radical (unpaired) electrons. The van der Waals surface area contributed by atoms with Crippen LogP contribution in [-0.2, 0) is 13.2 Å². The summed E-state index contributed by atoms with van der Waals surface area (Å²) in [6.45, 7) is 3.49. The van der Waals surface area contributed by atoms with Crippen molar-refractivity contribution >= 4 is 5.91 Å². The molecule has 3 aromatic rings. The van der Waals surface area contributed by atoms with E-state index in [4.69, 9.17) is 14.4 Å². The molecule has 27 heavy (non-hydrogen) atoms. The third-order valence-corrected chi connectivity index (χ3v) is 4.09. The van der Waals surface area contributed by atoms with E-state index >= 15 is 0 Å². The lowest BCUT2D eigenvalue weighted by Gasteiger charge is -2.08. The van der Waals surface area contributed by atoms with Crippen LogP contribution >= 0.6 is 0 Å². The highest BCUT2D eigenvalue weighted by atomic mass is 16.5. The minimum Gasteiger partial charge on any atom is -0.489 e. The Bertz CT molecular complexity index is 952. The fourth-order valence-corrected chi connectivity index (χ4v) is 2.62. The third-order valence-electron chi connectivity index (χ3n) is 4.09. The number of carbonyl (C=O) groups excluding carboxylic acids is 1. The van der Waals surface area contributed by atoms with Crippen LogP contribution in [-0.4, -0.2) is 22.0 Å². The van der Waals surface area contributed by atoms with Crippen molar-refractivity contribution in [1.29, 1.82) is 5.26 Å². The van der Waals surface area contributed by atoms with Gasteiger partial charge in [-0.2, -0.15) is 5.26 Å². The lowest BCUT2D eigenvalue weighted by atomic mass is 10.2. The first-order valence-electron chi connectivity index (χ1n) is 8.61. The zero-order valence-corrected chi connectivity index (χ0v) is 15.0. The first kappa shape index (κ1) is 18.3. The number of carbonyl (C=O) groups is 1. The predicted molar refractivity (Wildman–Crippen MR) is 98.1 cm³/mol. The Kier molecular flexibility index (Phi) is 5.90. The summed E-state index contributed by atoms with van der Waals surface area (Å²) in [7, 11) is 0. The lowest BCUT2D eigenvalue weighted by Crippen LogP contribution is -2.26. The summed E-state index contributed by atoms with van der Waals surface area (Å²) < 4.78 is 13.0. The van der Waals surface area contributed by atoms with E-state index in [1.165, 1.54) is 6.26 Å². The van der Waals surface area contributed by atoms with Gasteiger partial charge in [0.25, 0.3) is 5.91 Å². The van der Waals surface area contributed by atoms with E-state index < -0.39 is 0 Å². The molecule has 0 saturated carbocycles. The average Bonchev–Trinajstić information content (AvgIpc) is 3.32. The molecular weight excluding hydrogens is 344 g/mol. The van der Waals surface area contributed by atoms with Crippen molar-refractivity contribution in [1.82, 2.24) is 14.9 Å². The number of nitrogens with one attached hydrogen (secondary N) is 1. The number of benzene rings is 1. The Morgan fingerprint density at radius 3 is 3.07 bits per heavy atom. The van der Waals surface area contributed by atoms with Gasteiger partial charge in [0.05, 0.1) is 24.2 Å². The molecule has 0 bridgehead atoms. The van der Waals surface area contributed by atoms with Gasteiger partial charge >= 0.3 is 0 Å². The number of hydrogen-bond donors (Lipinski definition) is 1. The average molecular weight is 364 g/mol. The summed E-state index contributed by atoms with van der Waals surface area (Å²) in [6, 6.07) is 10.6. The summed E-state index contributed by atoms with van der Waals surface area (Å²) in [5.41, 5.74) is 2.26. The summed E-state index contributed by atoms with van der Waals surface area (Å²) in [6.07, 6.45) is 5.84. The van der Waals surface area contributed by atoms with Gasteiger partial charge < -0.3 is 19.0 Å². The van der Waals surface area contributed by atoms with Crippen LogP contribution in [0.3, 0.4) is 0 Å². The molecule has 1 N–H and O–H groups in total. The van der Waals surface area contributed by atoms with Gasteiger partial charge in [-0.25, -0.2) is 4.98 Å². The van der Waals surface area contributed by atoms with Crippen molar-refractivity contribution in [3.05, 3.63) is 71.7 Å². The van der Waals surface area contributed by atoms with Crippen molar-refractivity contribution < 1.29 is 13.9 Å². The molecule has 1 amide bonds. The highest BCUT2D eigenvalue weighted by Gasteiger charge is 2.15. The molecule has 0 aliphatic heterocycles. The first-order chi connectivity index (χ1) is 13.2. The Labute approximate surface area is 157 Å². The molecule has 0 unspecified atom stereocenters. The van der Waals surface area contributed by atoms with Gasteiger partial charge in [0.1, 0.15) is 12.4 Å². The minimum absolute atomic E-state index is 0.183. The monoisotopic (exact) mass is 364 g/mol. The van der Waals surface area contributed by atoms with E-state index in [1.807, 2.05) is 11.5 Å². The molecule has 0 aliphatic rings. The van der Waals surface area contributed by atoms with Gasteiger partial charge in [-0.1, -0.05) is 6.07 Å². The van der Waals surface area contributed by atoms with E-state index in [0.29, 0.717) is 23.4 Å². The van der Waals surface area contributed by atoms with E-state index in [-0.39, 0.29) is 18.3 Å². The molecule has 138 valence electrons. The largest absolute Gasteiger partial charge is 0.489 e. The van der Waals surface area contributed by atoms with Crippen molar-refractivity contribution in [2.45, 2.75) is 26.5 Å². The second-order valence-corrected chi connectivity index (χ2v) is 6.04. The van der Waals surface area contributed by atoms with Crippen LogP contribution in [0, 0.1) is 18.3 Å². The van der Waals surface area contributed by atoms with Crippen LogP contribution < -0.4 is 10.1 Å². The number of nitriles is 1. The number of ether oxygens (including phenoxy) is 1. The number of rotatable bonds is 8. The molecule has 0 aliphatic carbocycles. The molecule has 1 aromatic carbocycles. The van der Waals surface area contributed by atoms with Crippen LogP contribution in [0.1, 0.15) is 33.8 Å². The van der Waals surface area contributed by atoms with Crippen molar-refractivity contribution in [3.8, 4) is 11.8 Å². The molecule has 0 spiro atoms. The fourth-order valence-electron chi connectivity index (χ4n) is 2.62. The third kappa shape index (κ3) is 4.76. The van der Waals surface area contributed by atoms with Gasteiger partial charge in [-0.3, -0.25) is 4.79 Å². The van der Waals surface area contributed by atoms with Crippen LogP contribution in [0.15, 0.2) is 53.5 Å². The number of aromatic nitrogens is 2. The summed E-state index contributed by atoms with van der Waals surface area (Å²) >= 11 is 0. The predicted octanol–water partition coefficient (Wildman–Crippen LogP) is 3.06. The summed E-state index contributed by atoms with van der Waals surface area (Å²) in [5, 5.41) is 11.8. The number of imidazole rings is 1. The highest BCUT2D eigenvalue weighted by Crippen LogP contribution is 2.17. The maximum atomic E-state index is 12.3. The molecule has 0 atom stereocenters. The Morgan fingerprint density at radius 1 is 1.41 bits per heavy atom. The van der Waals surface area contributed by atoms with Crippen molar-refractivity contribution in [3.63, 3.8) is 0 Å². The molecular formula is C20H20N4O3. The van der Waals surface area contributed by atoms with Crippen LogP contribution in [0.25, 0.3) is 0 Å². The normalized spacial score (nSPS) is 10.4. The molecule has 0 saturated heterocycles. The van der Waals surface area contributed by atoms with Gasteiger partial charge in [0, 0.05) is 30.5 Å². The second kappa shape index (κ2) is 8.72. The van der Waals surface area contributed by atoms with E-state index in [9.17, 15) is 4.79 Å². The van der Waals surface area contributed by atoms with E-state index in [2.05, 4.69) is 16.4 Å². The minimum atomic E-state index is -0.272. The number of nitrogens with zero attached hydrogens (tertiary/aromatic N) is 3. The molecule has 2 aromatic heterocycles. The molecule has 0 fully saturated rings. The smallest absolute Gasteiger partial charge is 0.287 e. The first-order valence-corrected chi connectivity index (χ1v) is 8.61. The Hall–Kier alpha value is -3.53. The Balaban J connectivity index is 1.50. The van der Waals surface area contributed by atoms with Gasteiger partial charge in [0.2, 0.25) is 0 Å². The van der Waals surface area contributed by atoms with Crippen LogP contribution in [0.2, 0.25) is 0 Å². The van der Waals surface area contributed by atoms with Gasteiger partial charge in [0.15, 0.2) is 5.76 Å². The number of hydrogen-bond acceptors (Lipinski definition) is 5. The van der Waals surface area contributed by atoms with Crippen molar-refractivity contribution in [2.24, 2.45) is 0 Å². The molecule has 7 nitrogen and oxygen atoms in total. The van der Waals surface area contributed by atoms with Crippen LogP contribution in [0.5, 0.6) is 5.75 Å². The SMILES string of the molecule is Cc1cncn1CCCNC(=O)c1occc1COc1cccc(C#N)c1. The zero-order chi connectivity index (χ0) is 19.1. The summed E-state index contributed by atoms with van der Waals surface area (Å²) in [5.74, 6) is 0.536. The maximum Gasteiger partial charge on any atom is 0.287 e. The highest BCUT2D eigenvalue weighted by molar-refractivity contribution is 5.92. The van der Waals surface area contributed by atoms with Crippen molar-refractivity contribution in [2.75, 3.05) is 6.54 Å². The summed E-state index contributed by atoms with van der Waals surface area (Å²) in [4.78, 5) is 16.4. The van der Waals surface area contributed by atoms with E-state index in [1.54, 1.807) is 42.9 Å². The quantitative estimate of drug-likeness (QED) is 0.620. The fraction of sp³-hybridized carbons (Fsp3) is 0.250. The number of aryl methyl sites for hydroxylation is 2.